The number of carbonyl (C=O) groups excluding carboxylic acids is 1. The molecular formula is C24H24N4O3S2. The number of thiophene rings is 1. The molecule has 1 aromatic heterocycles. The van der Waals surface area contributed by atoms with Gasteiger partial charge in [-0.05, 0) is 41.8 Å². The maximum absolute atomic E-state index is 12.8. The van der Waals surface area contributed by atoms with Crippen molar-refractivity contribution in [3.05, 3.63) is 81.7 Å². The monoisotopic (exact) mass is 480 g/mol. The predicted molar refractivity (Wildman–Crippen MR) is 129 cm³/mol. The van der Waals surface area contributed by atoms with Crippen LogP contribution >= 0.6 is 11.3 Å². The van der Waals surface area contributed by atoms with Gasteiger partial charge in [-0.25, -0.2) is 12.7 Å². The summed E-state index contributed by atoms with van der Waals surface area (Å²) in [6, 6.07) is 18.3. The van der Waals surface area contributed by atoms with E-state index >= 15 is 0 Å². The molecule has 3 aromatic rings. The van der Waals surface area contributed by atoms with E-state index in [2.05, 4.69) is 28.4 Å². The maximum Gasteiger partial charge on any atom is 0.256 e. The van der Waals surface area contributed by atoms with E-state index in [0.29, 0.717) is 16.1 Å². The lowest BCUT2D eigenvalue weighted by atomic mass is 10.0. The Bertz CT molecular complexity index is 1310. The lowest BCUT2D eigenvalue weighted by Crippen LogP contribution is -2.29. The molecule has 0 bridgehead atoms. The van der Waals surface area contributed by atoms with Crippen LogP contribution in [0.5, 0.6) is 0 Å². The van der Waals surface area contributed by atoms with Gasteiger partial charge in [0.15, 0.2) is 0 Å². The summed E-state index contributed by atoms with van der Waals surface area (Å²) in [7, 11) is -0.648. The number of nitriles is 1. The fourth-order valence-corrected chi connectivity index (χ4v) is 5.94. The van der Waals surface area contributed by atoms with Crippen LogP contribution in [0.1, 0.15) is 31.9 Å². The van der Waals surface area contributed by atoms with E-state index in [1.54, 1.807) is 0 Å². The van der Waals surface area contributed by atoms with Crippen LogP contribution in [0, 0.1) is 11.3 Å². The molecule has 0 saturated carbocycles. The molecule has 1 amide bonds. The summed E-state index contributed by atoms with van der Waals surface area (Å²) >= 11 is 1.44. The fraction of sp³-hybridized carbons (Fsp3) is 0.250. The minimum Gasteiger partial charge on any atom is -0.312 e. The summed E-state index contributed by atoms with van der Waals surface area (Å²) in [5, 5.41) is 13.1. The first-order chi connectivity index (χ1) is 15.8. The minimum atomic E-state index is -3.56. The molecule has 0 unspecified atom stereocenters. The lowest BCUT2D eigenvalue weighted by Gasteiger charge is -2.26. The highest BCUT2D eigenvalue weighted by Crippen LogP contribution is 2.37. The van der Waals surface area contributed by atoms with Crippen LogP contribution in [-0.4, -0.2) is 44.2 Å². The first-order valence-corrected chi connectivity index (χ1v) is 12.7. The maximum atomic E-state index is 12.8. The van der Waals surface area contributed by atoms with Crippen molar-refractivity contribution < 1.29 is 13.2 Å². The van der Waals surface area contributed by atoms with Gasteiger partial charge in [0, 0.05) is 44.2 Å². The van der Waals surface area contributed by atoms with Crippen LogP contribution in [0.15, 0.2) is 59.5 Å². The number of hydrogen-bond acceptors (Lipinski definition) is 6. The van der Waals surface area contributed by atoms with E-state index in [1.165, 1.54) is 55.3 Å². The van der Waals surface area contributed by atoms with E-state index in [9.17, 15) is 18.5 Å². The molecule has 1 aliphatic rings. The predicted octanol–water partition coefficient (Wildman–Crippen LogP) is 3.68. The van der Waals surface area contributed by atoms with Gasteiger partial charge in [0.1, 0.15) is 11.1 Å². The fourth-order valence-electron chi connectivity index (χ4n) is 3.80. The Kier molecular flexibility index (Phi) is 6.63. The molecule has 0 fully saturated rings. The van der Waals surface area contributed by atoms with Gasteiger partial charge in [0.2, 0.25) is 10.0 Å². The van der Waals surface area contributed by atoms with E-state index in [-0.39, 0.29) is 10.8 Å². The highest BCUT2D eigenvalue weighted by molar-refractivity contribution is 7.89. The molecule has 0 radical (unpaired) electrons. The molecule has 0 atom stereocenters. The first kappa shape index (κ1) is 23.1. The largest absolute Gasteiger partial charge is 0.312 e. The van der Waals surface area contributed by atoms with Crippen LogP contribution in [0.25, 0.3) is 0 Å². The molecule has 4 rings (SSSR count). The number of sulfonamides is 1. The van der Waals surface area contributed by atoms with Crippen molar-refractivity contribution in [2.24, 2.45) is 0 Å². The van der Waals surface area contributed by atoms with Crippen molar-refractivity contribution in [2.45, 2.75) is 24.4 Å². The number of carbonyl (C=O) groups is 1. The van der Waals surface area contributed by atoms with Gasteiger partial charge >= 0.3 is 0 Å². The summed E-state index contributed by atoms with van der Waals surface area (Å²) in [5.41, 5.74) is 3.10. The van der Waals surface area contributed by atoms with Gasteiger partial charge < -0.3 is 5.32 Å². The Morgan fingerprint density at radius 2 is 1.85 bits per heavy atom. The SMILES string of the molecule is CN(C)S(=O)(=O)c1ccc(C(=O)Nc2sc3c(c2C#N)CCN(Cc2ccccc2)C3)cc1. The zero-order valence-electron chi connectivity index (χ0n) is 18.4. The van der Waals surface area contributed by atoms with Crippen LogP contribution < -0.4 is 5.32 Å². The molecule has 0 spiro atoms. The number of hydrogen-bond donors (Lipinski definition) is 1. The number of rotatable bonds is 6. The molecule has 2 heterocycles. The zero-order chi connectivity index (χ0) is 23.6. The van der Waals surface area contributed by atoms with E-state index in [4.69, 9.17) is 0 Å². The number of benzene rings is 2. The second kappa shape index (κ2) is 9.45. The second-order valence-corrected chi connectivity index (χ2v) is 11.3. The second-order valence-electron chi connectivity index (χ2n) is 8.03. The van der Waals surface area contributed by atoms with E-state index < -0.39 is 10.0 Å². The standard InChI is InChI=1S/C24H24N4O3S2/c1-27(2)33(30,31)19-10-8-18(9-11-19)23(29)26-24-21(14-25)20-12-13-28(16-22(20)32-24)15-17-6-4-3-5-7-17/h3-11H,12-13,15-16H2,1-2H3,(H,26,29). The highest BCUT2D eigenvalue weighted by Gasteiger charge is 2.26. The molecular weight excluding hydrogens is 456 g/mol. The normalized spacial score (nSPS) is 14.0. The van der Waals surface area contributed by atoms with Crippen molar-refractivity contribution in [3.8, 4) is 6.07 Å². The van der Waals surface area contributed by atoms with Crippen LogP contribution in [0.4, 0.5) is 5.00 Å². The van der Waals surface area contributed by atoms with Gasteiger partial charge in [-0.15, -0.1) is 11.3 Å². The Morgan fingerprint density at radius 3 is 2.48 bits per heavy atom. The summed E-state index contributed by atoms with van der Waals surface area (Å²) in [6.07, 6.45) is 0.758. The number of fused-ring (bicyclic) bond motifs is 1. The summed E-state index contributed by atoms with van der Waals surface area (Å²) in [5.74, 6) is -0.375. The lowest BCUT2D eigenvalue weighted by molar-refractivity contribution is 0.102. The third-order valence-electron chi connectivity index (χ3n) is 5.62. The average molecular weight is 481 g/mol. The summed E-state index contributed by atoms with van der Waals surface area (Å²) in [6.45, 7) is 2.42. The molecule has 0 aliphatic carbocycles. The minimum absolute atomic E-state index is 0.117. The molecule has 7 nitrogen and oxygen atoms in total. The number of nitrogens with zero attached hydrogens (tertiary/aromatic N) is 3. The number of amides is 1. The van der Waals surface area contributed by atoms with E-state index in [1.807, 2.05) is 18.2 Å². The molecule has 0 saturated heterocycles. The van der Waals surface area contributed by atoms with Crippen molar-refractivity contribution in [1.82, 2.24) is 9.21 Å². The molecule has 9 heteroatoms. The molecule has 1 N–H and O–H groups in total. The van der Waals surface area contributed by atoms with Crippen LogP contribution in [0.3, 0.4) is 0 Å². The first-order valence-electron chi connectivity index (χ1n) is 10.4. The van der Waals surface area contributed by atoms with Crippen molar-refractivity contribution in [3.63, 3.8) is 0 Å². The highest BCUT2D eigenvalue weighted by atomic mass is 32.2. The average Bonchev–Trinajstić information content (AvgIpc) is 3.15. The van der Waals surface area contributed by atoms with Gasteiger partial charge in [-0.2, -0.15) is 5.26 Å². The molecule has 33 heavy (non-hydrogen) atoms. The van der Waals surface area contributed by atoms with Gasteiger partial charge in [-0.3, -0.25) is 9.69 Å². The van der Waals surface area contributed by atoms with Gasteiger partial charge in [0.25, 0.3) is 5.91 Å². The summed E-state index contributed by atoms with van der Waals surface area (Å²) < 4.78 is 25.6. The third-order valence-corrected chi connectivity index (χ3v) is 8.58. The van der Waals surface area contributed by atoms with Crippen LogP contribution in [-0.2, 0) is 29.5 Å². The molecule has 2 aromatic carbocycles. The number of anilines is 1. The van der Waals surface area contributed by atoms with Gasteiger partial charge in [0.05, 0.1) is 10.5 Å². The van der Waals surface area contributed by atoms with Crippen molar-refractivity contribution in [2.75, 3.05) is 26.0 Å². The summed E-state index contributed by atoms with van der Waals surface area (Å²) in [4.78, 5) is 16.4. The van der Waals surface area contributed by atoms with Crippen molar-refractivity contribution >= 4 is 32.3 Å². The number of nitrogens with one attached hydrogen (secondary N) is 1. The third kappa shape index (κ3) is 4.84. The Morgan fingerprint density at radius 1 is 1.15 bits per heavy atom. The Labute approximate surface area is 197 Å². The quantitative estimate of drug-likeness (QED) is 0.581. The topological polar surface area (TPSA) is 93.5 Å². The van der Waals surface area contributed by atoms with Crippen molar-refractivity contribution in [1.29, 1.82) is 5.26 Å². The smallest absolute Gasteiger partial charge is 0.256 e. The van der Waals surface area contributed by atoms with E-state index in [0.717, 1.165) is 40.8 Å². The van der Waals surface area contributed by atoms with Gasteiger partial charge in [-0.1, -0.05) is 30.3 Å². The Balaban J connectivity index is 1.50. The molecule has 170 valence electrons. The zero-order valence-corrected chi connectivity index (χ0v) is 20.0. The Hall–Kier alpha value is -3.03. The van der Waals surface area contributed by atoms with Crippen LogP contribution in [0.2, 0.25) is 0 Å². The molecule has 1 aliphatic heterocycles.